The minimum Gasteiger partial charge on any atom is -0.387 e. The first-order chi connectivity index (χ1) is 11.8. The van der Waals surface area contributed by atoms with Gasteiger partial charge >= 0.3 is 0 Å². The smallest absolute Gasteiger partial charge is 0.285 e. The van der Waals surface area contributed by atoms with Gasteiger partial charge < -0.3 is 10.0 Å². The van der Waals surface area contributed by atoms with Crippen LogP contribution in [-0.2, 0) is 0 Å². The van der Waals surface area contributed by atoms with E-state index in [1.807, 2.05) is 31.2 Å². The molecular formula is C19H22N2O4. The predicted molar refractivity (Wildman–Crippen MR) is 95.5 cm³/mol. The van der Waals surface area contributed by atoms with Crippen molar-refractivity contribution in [2.24, 2.45) is 0 Å². The van der Waals surface area contributed by atoms with Gasteiger partial charge in [-0.1, -0.05) is 42.0 Å². The molecule has 0 saturated carbocycles. The van der Waals surface area contributed by atoms with Crippen LogP contribution in [0, 0.1) is 24.0 Å². The lowest BCUT2D eigenvalue weighted by Crippen LogP contribution is -2.35. The molecule has 1 amide bonds. The molecule has 1 atom stereocenters. The van der Waals surface area contributed by atoms with Crippen LogP contribution in [0.5, 0.6) is 0 Å². The fourth-order valence-corrected chi connectivity index (χ4v) is 2.70. The molecule has 1 N–H and O–H groups in total. The lowest BCUT2D eigenvalue weighted by atomic mass is 10.0. The quantitative estimate of drug-likeness (QED) is 0.644. The van der Waals surface area contributed by atoms with Crippen molar-refractivity contribution < 1.29 is 14.8 Å². The molecule has 2 aromatic rings. The van der Waals surface area contributed by atoms with Crippen molar-refractivity contribution in [3.05, 3.63) is 74.8 Å². The molecule has 2 rings (SSSR count). The van der Waals surface area contributed by atoms with Crippen molar-refractivity contribution in [1.82, 2.24) is 4.90 Å². The Morgan fingerprint density at radius 1 is 1.20 bits per heavy atom. The standard InChI is InChI=1S/C19H22N2O4/c1-4-20(12-17(22)15-10-8-13(2)9-11-15)19(23)16-7-5-6-14(3)18(16)21(24)25/h5-11,17,22H,4,12H2,1-3H3. The van der Waals surface area contributed by atoms with Crippen molar-refractivity contribution in [1.29, 1.82) is 0 Å². The van der Waals surface area contributed by atoms with E-state index >= 15 is 0 Å². The minimum absolute atomic E-state index is 0.0444. The summed E-state index contributed by atoms with van der Waals surface area (Å²) in [5.74, 6) is -0.455. The lowest BCUT2D eigenvalue weighted by Gasteiger charge is -2.24. The number of benzene rings is 2. The van der Waals surface area contributed by atoms with Crippen LogP contribution in [0.3, 0.4) is 0 Å². The third-order valence-corrected chi connectivity index (χ3v) is 4.18. The number of nitrogens with zero attached hydrogens (tertiary/aromatic N) is 2. The summed E-state index contributed by atoms with van der Waals surface area (Å²) >= 11 is 0. The summed E-state index contributed by atoms with van der Waals surface area (Å²) in [5, 5.41) is 21.7. The Morgan fingerprint density at radius 2 is 1.84 bits per heavy atom. The second kappa shape index (κ2) is 7.90. The number of hydrogen-bond donors (Lipinski definition) is 1. The van der Waals surface area contributed by atoms with Crippen LogP contribution >= 0.6 is 0 Å². The fraction of sp³-hybridized carbons (Fsp3) is 0.316. The highest BCUT2D eigenvalue weighted by atomic mass is 16.6. The van der Waals surface area contributed by atoms with Gasteiger partial charge in [0, 0.05) is 12.1 Å². The zero-order valence-corrected chi connectivity index (χ0v) is 14.6. The number of likely N-dealkylation sites (N-methyl/N-ethyl adjacent to an activating group) is 1. The normalized spacial score (nSPS) is 11.8. The first-order valence-corrected chi connectivity index (χ1v) is 8.13. The Kier molecular flexibility index (Phi) is 5.88. The second-order valence-electron chi connectivity index (χ2n) is 6.00. The lowest BCUT2D eigenvalue weighted by molar-refractivity contribution is -0.385. The average molecular weight is 342 g/mol. The number of rotatable bonds is 6. The number of carbonyl (C=O) groups is 1. The number of hydrogen-bond acceptors (Lipinski definition) is 4. The summed E-state index contributed by atoms with van der Waals surface area (Å²) in [6.07, 6.45) is -0.853. The molecule has 0 aliphatic carbocycles. The molecule has 0 radical (unpaired) electrons. The van der Waals surface area contributed by atoms with Crippen LogP contribution in [0.4, 0.5) is 5.69 Å². The van der Waals surface area contributed by atoms with E-state index in [4.69, 9.17) is 0 Å². The van der Waals surface area contributed by atoms with Crippen molar-refractivity contribution in [2.45, 2.75) is 26.9 Å². The van der Waals surface area contributed by atoms with Crippen LogP contribution in [0.25, 0.3) is 0 Å². The van der Waals surface area contributed by atoms with Crippen LogP contribution in [-0.4, -0.2) is 33.9 Å². The number of carbonyl (C=O) groups excluding carboxylic acids is 1. The van der Waals surface area contributed by atoms with E-state index in [0.29, 0.717) is 17.7 Å². The van der Waals surface area contributed by atoms with Gasteiger partial charge in [0.1, 0.15) is 5.56 Å². The molecule has 1 unspecified atom stereocenters. The fourth-order valence-electron chi connectivity index (χ4n) is 2.70. The summed E-state index contributed by atoms with van der Waals surface area (Å²) in [5.41, 5.74) is 2.08. The number of aryl methyl sites for hydroxylation is 2. The van der Waals surface area contributed by atoms with E-state index in [-0.39, 0.29) is 17.8 Å². The Hall–Kier alpha value is -2.73. The van der Waals surface area contributed by atoms with Crippen molar-refractivity contribution in [2.75, 3.05) is 13.1 Å². The summed E-state index contributed by atoms with van der Waals surface area (Å²) in [7, 11) is 0. The van der Waals surface area contributed by atoms with E-state index in [1.165, 1.54) is 11.0 Å². The summed E-state index contributed by atoms with van der Waals surface area (Å²) in [6.45, 7) is 5.75. The van der Waals surface area contributed by atoms with Gasteiger partial charge in [-0.25, -0.2) is 0 Å². The van der Waals surface area contributed by atoms with Crippen molar-refractivity contribution in [3.63, 3.8) is 0 Å². The Morgan fingerprint density at radius 3 is 2.40 bits per heavy atom. The molecule has 0 spiro atoms. The summed E-state index contributed by atoms with van der Waals surface area (Å²) < 4.78 is 0. The number of aliphatic hydroxyl groups is 1. The highest BCUT2D eigenvalue weighted by Crippen LogP contribution is 2.25. The highest BCUT2D eigenvalue weighted by molar-refractivity contribution is 5.98. The monoisotopic (exact) mass is 342 g/mol. The largest absolute Gasteiger partial charge is 0.387 e. The maximum absolute atomic E-state index is 12.8. The molecular weight excluding hydrogens is 320 g/mol. The van der Waals surface area contributed by atoms with E-state index in [0.717, 1.165) is 5.56 Å². The molecule has 6 heteroatoms. The molecule has 0 fully saturated rings. The maximum atomic E-state index is 12.8. The third-order valence-electron chi connectivity index (χ3n) is 4.18. The number of aliphatic hydroxyl groups excluding tert-OH is 1. The zero-order valence-electron chi connectivity index (χ0n) is 14.6. The van der Waals surface area contributed by atoms with Crippen molar-refractivity contribution in [3.8, 4) is 0 Å². The number of nitro groups is 1. The number of nitro benzene ring substituents is 1. The molecule has 0 saturated heterocycles. The maximum Gasteiger partial charge on any atom is 0.285 e. The number of para-hydroxylation sites is 1. The minimum atomic E-state index is -0.853. The molecule has 0 aromatic heterocycles. The molecule has 6 nitrogen and oxygen atoms in total. The van der Waals surface area contributed by atoms with Crippen LogP contribution in [0.2, 0.25) is 0 Å². The van der Waals surface area contributed by atoms with Gasteiger partial charge in [0.05, 0.1) is 17.6 Å². The zero-order chi connectivity index (χ0) is 18.6. The molecule has 0 aliphatic rings. The molecule has 25 heavy (non-hydrogen) atoms. The third kappa shape index (κ3) is 4.22. The van der Waals surface area contributed by atoms with Gasteiger partial charge in [0.25, 0.3) is 11.6 Å². The Bertz CT molecular complexity index is 771. The van der Waals surface area contributed by atoms with Crippen LogP contribution in [0.1, 0.15) is 40.1 Å². The molecule has 132 valence electrons. The van der Waals surface area contributed by atoms with E-state index in [2.05, 4.69) is 0 Å². The molecule has 0 aliphatic heterocycles. The Labute approximate surface area is 146 Å². The molecule has 0 heterocycles. The molecule has 0 bridgehead atoms. The average Bonchev–Trinajstić information content (AvgIpc) is 2.58. The van der Waals surface area contributed by atoms with Crippen LogP contribution in [0.15, 0.2) is 42.5 Å². The summed E-state index contributed by atoms with van der Waals surface area (Å²) in [6, 6.07) is 12.1. The van der Waals surface area contributed by atoms with E-state index in [9.17, 15) is 20.0 Å². The SMILES string of the molecule is CCN(CC(O)c1ccc(C)cc1)C(=O)c1cccc(C)c1[N+](=O)[O-]. The van der Waals surface area contributed by atoms with Gasteiger partial charge in [0.2, 0.25) is 0 Å². The van der Waals surface area contributed by atoms with Gasteiger partial charge in [0.15, 0.2) is 0 Å². The van der Waals surface area contributed by atoms with E-state index in [1.54, 1.807) is 26.0 Å². The highest BCUT2D eigenvalue weighted by Gasteiger charge is 2.27. The second-order valence-corrected chi connectivity index (χ2v) is 6.00. The van der Waals surface area contributed by atoms with Gasteiger partial charge in [-0.2, -0.15) is 0 Å². The first kappa shape index (κ1) is 18.6. The van der Waals surface area contributed by atoms with Crippen molar-refractivity contribution >= 4 is 11.6 Å². The predicted octanol–water partition coefficient (Wildman–Crippen LogP) is 3.41. The van der Waals surface area contributed by atoms with Gasteiger partial charge in [-0.15, -0.1) is 0 Å². The van der Waals surface area contributed by atoms with Gasteiger partial charge in [-0.3, -0.25) is 14.9 Å². The summed E-state index contributed by atoms with van der Waals surface area (Å²) in [4.78, 5) is 25.0. The topological polar surface area (TPSA) is 83.7 Å². The molecule has 2 aromatic carbocycles. The van der Waals surface area contributed by atoms with Crippen LogP contribution < -0.4 is 0 Å². The Balaban J connectivity index is 2.26. The number of amides is 1. The van der Waals surface area contributed by atoms with E-state index < -0.39 is 16.9 Å². The van der Waals surface area contributed by atoms with Gasteiger partial charge in [-0.05, 0) is 32.4 Å². The first-order valence-electron chi connectivity index (χ1n) is 8.13.